The molecule has 0 aromatic heterocycles. The summed E-state index contributed by atoms with van der Waals surface area (Å²) in [4.78, 5) is 0. The van der Waals surface area contributed by atoms with Gasteiger partial charge in [0.15, 0.2) is 0 Å². The highest BCUT2D eigenvalue weighted by Gasteiger charge is 2.33. The molecule has 0 aliphatic carbocycles. The number of hydrogen-bond acceptors (Lipinski definition) is 4. The van der Waals surface area contributed by atoms with Crippen LogP contribution in [0, 0.1) is 0 Å². The summed E-state index contributed by atoms with van der Waals surface area (Å²) in [6.45, 7) is 9.05. The zero-order chi connectivity index (χ0) is 25.0. The first-order valence-corrected chi connectivity index (χ1v) is 14.7. The maximum absolute atomic E-state index is 6.74. The molecule has 0 radical (unpaired) electrons. The van der Waals surface area contributed by atoms with E-state index in [1.165, 1.54) is 16.7 Å². The van der Waals surface area contributed by atoms with Gasteiger partial charge >= 0.3 is 0 Å². The molecule has 0 saturated carbocycles. The summed E-state index contributed by atoms with van der Waals surface area (Å²) < 4.78 is 18.2. The summed E-state index contributed by atoms with van der Waals surface area (Å²) in [5, 5.41) is 1.48. The van der Waals surface area contributed by atoms with Crippen molar-refractivity contribution in [2.24, 2.45) is 0 Å². The van der Waals surface area contributed by atoms with E-state index in [2.05, 4.69) is 51.1 Å². The average Bonchev–Trinajstić information content (AvgIpc) is 2.88. The molecule has 1 saturated heterocycles. The third kappa shape index (κ3) is 8.70. The van der Waals surface area contributed by atoms with Gasteiger partial charge in [0.25, 0.3) is 0 Å². The van der Waals surface area contributed by atoms with Gasteiger partial charge in [-0.15, -0.1) is 11.8 Å². The van der Waals surface area contributed by atoms with Gasteiger partial charge in [-0.05, 0) is 67.3 Å². The van der Waals surface area contributed by atoms with Gasteiger partial charge in [-0.1, -0.05) is 69.5 Å². The number of benzene rings is 2. The molecule has 194 valence electrons. The predicted octanol–water partition coefficient (Wildman–Crippen LogP) is 8.44. The molecule has 2 aromatic rings. The van der Waals surface area contributed by atoms with E-state index in [1.807, 2.05) is 17.8 Å². The topological polar surface area (TPSA) is 27.7 Å². The summed E-state index contributed by atoms with van der Waals surface area (Å²) >= 11 is 8.75. The highest BCUT2D eigenvalue weighted by atomic mass is 35.5. The van der Waals surface area contributed by atoms with E-state index in [0.29, 0.717) is 10.5 Å². The molecule has 3 atom stereocenters. The molecule has 1 aliphatic rings. The van der Waals surface area contributed by atoms with E-state index in [1.54, 1.807) is 7.11 Å². The smallest absolute Gasteiger partial charge is 0.124 e. The SMILES string of the molecule is CCCCOC[C@@H]1C[C@H](OCCCC)C[C@H](c2cc(Cc3ccc(CC)cc3)c(Cl)cc2OC)S1. The van der Waals surface area contributed by atoms with Crippen molar-refractivity contribution in [2.45, 2.75) is 88.7 Å². The molecule has 1 heterocycles. The van der Waals surface area contributed by atoms with E-state index < -0.39 is 0 Å². The Hall–Kier alpha value is -1.20. The Kier molecular flexibility index (Phi) is 12.3. The third-order valence-corrected chi connectivity index (χ3v) is 8.57. The van der Waals surface area contributed by atoms with Crippen LogP contribution in [-0.4, -0.2) is 38.3 Å². The summed E-state index contributed by atoms with van der Waals surface area (Å²) in [5.41, 5.74) is 5.01. The summed E-state index contributed by atoms with van der Waals surface area (Å²) in [7, 11) is 1.74. The van der Waals surface area contributed by atoms with Crippen LogP contribution in [0.25, 0.3) is 0 Å². The number of ether oxygens (including phenoxy) is 3. The van der Waals surface area contributed by atoms with E-state index in [9.17, 15) is 0 Å². The molecule has 1 aliphatic heterocycles. The van der Waals surface area contributed by atoms with Crippen molar-refractivity contribution >= 4 is 23.4 Å². The first kappa shape index (κ1) is 28.4. The van der Waals surface area contributed by atoms with Crippen molar-refractivity contribution in [1.29, 1.82) is 0 Å². The Morgan fingerprint density at radius 2 is 1.66 bits per heavy atom. The van der Waals surface area contributed by atoms with Gasteiger partial charge in [0.05, 0.1) is 19.8 Å². The van der Waals surface area contributed by atoms with Crippen molar-refractivity contribution < 1.29 is 14.2 Å². The second-order valence-electron chi connectivity index (χ2n) is 9.53. The van der Waals surface area contributed by atoms with E-state index >= 15 is 0 Å². The molecule has 3 rings (SSSR count). The van der Waals surface area contributed by atoms with Crippen LogP contribution in [0.2, 0.25) is 5.02 Å². The minimum absolute atomic E-state index is 0.248. The molecular formula is C30H43ClO3S. The van der Waals surface area contributed by atoms with Crippen LogP contribution >= 0.6 is 23.4 Å². The van der Waals surface area contributed by atoms with E-state index in [0.717, 1.165) is 87.5 Å². The maximum Gasteiger partial charge on any atom is 0.124 e. The van der Waals surface area contributed by atoms with Crippen LogP contribution in [0.5, 0.6) is 5.75 Å². The first-order valence-electron chi connectivity index (χ1n) is 13.4. The fraction of sp³-hybridized carbons (Fsp3) is 0.600. The number of unbranched alkanes of at least 4 members (excludes halogenated alkanes) is 2. The number of methoxy groups -OCH3 is 1. The maximum atomic E-state index is 6.74. The molecule has 2 aromatic carbocycles. The summed E-state index contributed by atoms with van der Waals surface area (Å²) in [6.07, 6.45) is 8.69. The number of aryl methyl sites for hydroxylation is 1. The molecule has 0 unspecified atom stereocenters. The molecule has 0 N–H and O–H groups in total. The second-order valence-corrected chi connectivity index (χ2v) is 11.4. The van der Waals surface area contributed by atoms with Gasteiger partial charge in [0, 0.05) is 34.3 Å². The standard InChI is InChI=1S/C30H43ClO3S/c1-5-8-14-33-21-26-18-25(34-15-9-6-2)19-30(35-26)27-17-24(28(31)20-29(27)32-4)16-23-12-10-22(7-3)11-13-23/h10-13,17,20,25-26,30H,5-9,14-16,18-19,21H2,1-4H3/t25-,26-,30+/m0/s1. The number of rotatable bonds is 14. The molecule has 1 fully saturated rings. The molecule has 0 amide bonds. The number of thioether (sulfide) groups is 1. The lowest BCUT2D eigenvalue weighted by Crippen LogP contribution is -2.30. The lowest BCUT2D eigenvalue weighted by atomic mass is 9.96. The van der Waals surface area contributed by atoms with Crippen molar-refractivity contribution in [2.75, 3.05) is 26.9 Å². The van der Waals surface area contributed by atoms with Gasteiger partial charge in [-0.3, -0.25) is 0 Å². The molecule has 0 spiro atoms. The lowest BCUT2D eigenvalue weighted by molar-refractivity contribution is 0.0282. The predicted molar refractivity (Wildman–Crippen MR) is 150 cm³/mol. The minimum atomic E-state index is 0.248. The quantitative estimate of drug-likeness (QED) is 0.234. The van der Waals surface area contributed by atoms with Crippen molar-refractivity contribution in [3.8, 4) is 5.75 Å². The Morgan fingerprint density at radius 1 is 0.943 bits per heavy atom. The van der Waals surface area contributed by atoms with Crippen LogP contribution in [0.3, 0.4) is 0 Å². The minimum Gasteiger partial charge on any atom is -0.496 e. The zero-order valence-electron chi connectivity index (χ0n) is 22.0. The van der Waals surface area contributed by atoms with Gasteiger partial charge < -0.3 is 14.2 Å². The first-order chi connectivity index (χ1) is 17.1. The van der Waals surface area contributed by atoms with Gasteiger partial charge in [0.1, 0.15) is 5.75 Å². The van der Waals surface area contributed by atoms with Crippen LogP contribution in [0.1, 0.15) is 86.8 Å². The van der Waals surface area contributed by atoms with E-state index in [-0.39, 0.29) is 6.10 Å². The monoisotopic (exact) mass is 518 g/mol. The number of halogens is 1. The van der Waals surface area contributed by atoms with Crippen molar-refractivity contribution in [3.63, 3.8) is 0 Å². The second kappa shape index (κ2) is 15.1. The van der Waals surface area contributed by atoms with Crippen LogP contribution in [-0.2, 0) is 22.3 Å². The van der Waals surface area contributed by atoms with Gasteiger partial charge in [0.2, 0.25) is 0 Å². The third-order valence-electron chi connectivity index (χ3n) is 6.73. The molecular weight excluding hydrogens is 476 g/mol. The highest BCUT2D eigenvalue weighted by Crippen LogP contribution is 2.47. The Labute approximate surface area is 222 Å². The van der Waals surface area contributed by atoms with Gasteiger partial charge in [-0.25, -0.2) is 0 Å². The van der Waals surface area contributed by atoms with Gasteiger partial charge in [-0.2, -0.15) is 0 Å². The molecule has 35 heavy (non-hydrogen) atoms. The van der Waals surface area contributed by atoms with E-state index in [4.69, 9.17) is 25.8 Å². The van der Waals surface area contributed by atoms with Crippen LogP contribution in [0.4, 0.5) is 0 Å². The fourth-order valence-corrected chi connectivity index (χ4v) is 6.41. The summed E-state index contributed by atoms with van der Waals surface area (Å²) in [6, 6.07) is 13.1. The highest BCUT2D eigenvalue weighted by molar-refractivity contribution is 8.00. The van der Waals surface area contributed by atoms with Crippen molar-refractivity contribution in [3.05, 3.63) is 63.7 Å². The Balaban J connectivity index is 1.81. The normalized spacial score (nSPS) is 20.2. The number of hydrogen-bond donors (Lipinski definition) is 0. The van der Waals surface area contributed by atoms with Crippen molar-refractivity contribution in [1.82, 2.24) is 0 Å². The average molecular weight is 519 g/mol. The molecule has 0 bridgehead atoms. The Morgan fingerprint density at radius 3 is 2.34 bits per heavy atom. The Bertz CT molecular complexity index is 886. The largest absolute Gasteiger partial charge is 0.496 e. The lowest BCUT2D eigenvalue weighted by Gasteiger charge is -2.35. The fourth-order valence-electron chi connectivity index (χ4n) is 4.57. The summed E-state index contributed by atoms with van der Waals surface area (Å²) in [5.74, 6) is 0.873. The van der Waals surface area contributed by atoms with Crippen LogP contribution < -0.4 is 4.74 Å². The zero-order valence-corrected chi connectivity index (χ0v) is 23.6. The van der Waals surface area contributed by atoms with Crippen LogP contribution in [0.15, 0.2) is 36.4 Å². The molecule has 3 nitrogen and oxygen atoms in total. The molecule has 5 heteroatoms.